The highest BCUT2D eigenvalue weighted by Crippen LogP contribution is 2.17. The van der Waals surface area contributed by atoms with Crippen LogP contribution in [0.4, 0.5) is 5.82 Å². The Kier molecular flexibility index (Phi) is 4.60. The standard InChI is InChI=1S/C17H23N5O/c1-13-9-19-22(11-13)17-7-3-6-16(20-17)18-10-15-5-4-8-21(12-15)14(2)23/h3,6-7,9,11,15H,4-5,8,10,12H2,1-2H3,(H,18,20). The molecule has 0 spiro atoms. The molecule has 3 heterocycles. The molecule has 6 heteroatoms. The van der Waals surface area contributed by atoms with Gasteiger partial charge in [0.25, 0.3) is 0 Å². The number of hydrogen-bond donors (Lipinski definition) is 1. The molecule has 0 aliphatic carbocycles. The Morgan fingerprint density at radius 1 is 1.43 bits per heavy atom. The maximum Gasteiger partial charge on any atom is 0.219 e. The molecular weight excluding hydrogens is 290 g/mol. The van der Waals surface area contributed by atoms with Crippen LogP contribution in [0, 0.1) is 12.8 Å². The van der Waals surface area contributed by atoms with Crippen LogP contribution in [0.15, 0.2) is 30.6 Å². The number of hydrogen-bond acceptors (Lipinski definition) is 4. The molecule has 23 heavy (non-hydrogen) atoms. The second-order valence-corrected chi connectivity index (χ2v) is 6.20. The topological polar surface area (TPSA) is 63.1 Å². The minimum Gasteiger partial charge on any atom is -0.370 e. The molecule has 0 radical (unpaired) electrons. The van der Waals surface area contributed by atoms with Crippen molar-refractivity contribution < 1.29 is 4.79 Å². The smallest absolute Gasteiger partial charge is 0.219 e. The molecular formula is C17H23N5O. The first kappa shape index (κ1) is 15.5. The maximum atomic E-state index is 11.5. The van der Waals surface area contributed by atoms with E-state index in [4.69, 9.17) is 0 Å². The van der Waals surface area contributed by atoms with Crippen LogP contribution in [-0.2, 0) is 4.79 Å². The third kappa shape index (κ3) is 3.88. The molecule has 1 aliphatic heterocycles. The van der Waals surface area contributed by atoms with Crippen LogP contribution < -0.4 is 5.32 Å². The van der Waals surface area contributed by atoms with Gasteiger partial charge in [-0.15, -0.1) is 0 Å². The lowest BCUT2D eigenvalue weighted by molar-refractivity contribution is -0.130. The molecule has 1 aliphatic rings. The average molecular weight is 313 g/mol. The fourth-order valence-electron chi connectivity index (χ4n) is 2.95. The number of carbonyl (C=O) groups is 1. The molecule has 0 saturated carbocycles. The van der Waals surface area contributed by atoms with Crippen LogP contribution in [-0.4, -0.2) is 45.2 Å². The molecule has 1 unspecified atom stereocenters. The minimum atomic E-state index is 0.170. The first-order valence-electron chi connectivity index (χ1n) is 8.10. The quantitative estimate of drug-likeness (QED) is 0.940. The van der Waals surface area contributed by atoms with Gasteiger partial charge in [-0.3, -0.25) is 4.79 Å². The Labute approximate surface area is 136 Å². The zero-order chi connectivity index (χ0) is 16.2. The highest BCUT2D eigenvalue weighted by atomic mass is 16.2. The minimum absolute atomic E-state index is 0.170. The van der Waals surface area contributed by atoms with E-state index in [-0.39, 0.29) is 5.91 Å². The molecule has 0 aromatic carbocycles. The predicted molar refractivity (Wildman–Crippen MR) is 89.6 cm³/mol. The van der Waals surface area contributed by atoms with Crippen molar-refractivity contribution in [3.05, 3.63) is 36.2 Å². The van der Waals surface area contributed by atoms with Crippen molar-refractivity contribution in [2.45, 2.75) is 26.7 Å². The molecule has 1 N–H and O–H groups in total. The van der Waals surface area contributed by atoms with Crippen LogP contribution in [0.25, 0.3) is 5.82 Å². The van der Waals surface area contributed by atoms with Crippen molar-refractivity contribution in [3.8, 4) is 5.82 Å². The van der Waals surface area contributed by atoms with Crippen molar-refractivity contribution in [2.75, 3.05) is 25.0 Å². The highest BCUT2D eigenvalue weighted by molar-refractivity contribution is 5.73. The lowest BCUT2D eigenvalue weighted by Gasteiger charge is -2.32. The summed E-state index contributed by atoms with van der Waals surface area (Å²) in [5, 5.41) is 7.69. The second kappa shape index (κ2) is 6.81. The molecule has 1 atom stereocenters. The summed E-state index contributed by atoms with van der Waals surface area (Å²) in [5.74, 6) is 2.29. The first-order chi connectivity index (χ1) is 11.1. The molecule has 2 aromatic rings. The monoisotopic (exact) mass is 313 g/mol. The Balaban J connectivity index is 1.61. The van der Waals surface area contributed by atoms with E-state index in [1.807, 2.05) is 42.4 Å². The predicted octanol–water partition coefficient (Wildman–Crippen LogP) is 2.25. The summed E-state index contributed by atoms with van der Waals surface area (Å²) >= 11 is 0. The summed E-state index contributed by atoms with van der Waals surface area (Å²) < 4.78 is 1.78. The van der Waals surface area contributed by atoms with Gasteiger partial charge in [0.2, 0.25) is 5.91 Å². The van der Waals surface area contributed by atoms with Crippen molar-refractivity contribution in [1.29, 1.82) is 0 Å². The van der Waals surface area contributed by atoms with E-state index in [1.54, 1.807) is 11.6 Å². The molecule has 0 bridgehead atoms. The summed E-state index contributed by atoms with van der Waals surface area (Å²) in [4.78, 5) is 18.0. The van der Waals surface area contributed by atoms with Gasteiger partial charge < -0.3 is 10.2 Å². The van der Waals surface area contributed by atoms with E-state index >= 15 is 0 Å². The van der Waals surface area contributed by atoms with E-state index in [1.165, 1.54) is 0 Å². The van der Waals surface area contributed by atoms with Crippen molar-refractivity contribution in [1.82, 2.24) is 19.7 Å². The van der Waals surface area contributed by atoms with Gasteiger partial charge in [-0.1, -0.05) is 6.07 Å². The van der Waals surface area contributed by atoms with Gasteiger partial charge in [0.05, 0.1) is 6.20 Å². The SMILES string of the molecule is CC(=O)N1CCCC(CNc2cccc(-n3cc(C)cn3)n2)C1. The molecule has 3 rings (SSSR count). The Morgan fingerprint density at radius 2 is 2.30 bits per heavy atom. The average Bonchev–Trinajstić information content (AvgIpc) is 3.00. The zero-order valence-corrected chi connectivity index (χ0v) is 13.7. The van der Waals surface area contributed by atoms with Gasteiger partial charge in [0.15, 0.2) is 5.82 Å². The number of pyridine rings is 1. The number of rotatable bonds is 4. The van der Waals surface area contributed by atoms with E-state index in [0.29, 0.717) is 5.92 Å². The normalized spacial score (nSPS) is 18.0. The number of nitrogens with one attached hydrogen (secondary N) is 1. The molecule has 6 nitrogen and oxygen atoms in total. The summed E-state index contributed by atoms with van der Waals surface area (Å²) in [5.41, 5.74) is 1.11. The van der Waals surface area contributed by atoms with Gasteiger partial charge in [-0.2, -0.15) is 5.10 Å². The number of carbonyl (C=O) groups excluding carboxylic acids is 1. The van der Waals surface area contributed by atoms with Crippen LogP contribution in [0.1, 0.15) is 25.3 Å². The van der Waals surface area contributed by atoms with Crippen molar-refractivity contribution >= 4 is 11.7 Å². The van der Waals surface area contributed by atoms with Gasteiger partial charge in [-0.05, 0) is 43.4 Å². The Morgan fingerprint density at radius 3 is 3.04 bits per heavy atom. The summed E-state index contributed by atoms with van der Waals surface area (Å²) in [6.07, 6.45) is 6.00. The highest BCUT2D eigenvalue weighted by Gasteiger charge is 2.21. The lowest BCUT2D eigenvalue weighted by Crippen LogP contribution is -2.40. The third-order valence-electron chi connectivity index (χ3n) is 4.22. The van der Waals surface area contributed by atoms with E-state index in [9.17, 15) is 4.79 Å². The van der Waals surface area contributed by atoms with Crippen LogP contribution >= 0.6 is 0 Å². The maximum absolute atomic E-state index is 11.5. The van der Waals surface area contributed by atoms with E-state index < -0.39 is 0 Å². The third-order valence-corrected chi connectivity index (χ3v) is 4.22. The van der Waals surface area contributed by atoms with Crippen LogP contribution in [0.2, 0.25) is 0 Å². The first-order valence-corrected chi connectivity index (χ1v) is 8.10. The van der Waals surface area contributed by atoms with Gasteiger partial charge in [-0.25, -0.2) is 9.67 Å². The molecule has 1 fully saturated rings. The van der Waals surface area contributed by atoms with Gasteiger partial charge in [0.1, 0.15) is 5.82 Å². The Bertz CT molecular complexity index is 681. The second-order valence-electron chi connectivity index (χ2n) is 6.20. The molecule has 122 valence electrons. The van der Waals surface area contributed by atoms with Crippen molar-refractivity contribution in [3.63, 3.8) is 0 Å². The molecule has 1 saturated heterocycles. The fourth-order valence-corrected chi connectivity index (χ4v) is 2.95. The summed E-state index contributed by atoms with van der Waals surface area (Å²) in [7, 11) is 0. The molecule has 1 amide bonds. The zero-order valence-electron chi connectivity index (χ0n) is 13.7. The van der Waals surface area contributed by atoms with Gasteiger partial charge >= 0.3 is 0 Å². The van der Waals surface area contributed by atoms with Crippen LogP contribution in [0.3, 0.4) is 0 Å². The Hall–Kier alpha value is -2.37. The van der Waals surface area contributed by atoms with Crippen molar-refractivity contribution in [2.24, 2.45) is 5.92 Å². The summed E-state index contributed by atoms with van der Waals surface area (Å²) in [6, 6.07) is 5.88. The van der Waals surface area contributed by atoms with E-state index in [0.717, 1.165) is 49.7 Å². The van der Waals surface area contributed by atoms with E-state index in [2.05, 4.69) is 15.4 Å². The lowest BCUT2D eigenvalue weighted by atomic mass is 9.98. The van der Waals surface area contributed by atoms with Crippen LogP contribution in [0.5, 0.6) is 0 Å². The number of amides is 1. The summed E-state index contributed by atoms with van der Waals surface area (Å²) in [6.45, 7) is 6.21. The number of anilines is 1. The largest absolute Gasteiger partial charge is 0.370 e. The molecule has 2 aromatic heterocycles. The number of likely N-dealkylation sites (tertiary alicyclic amines) is 1. The number of aromatic nitrogens is 3. The number of piperidine rings is 1. The van der Waals surface area contributed by atoms with Gasteiger partial charge in [0, 0.05) is 32.8 Å². The fraction of sp³-hybridized carbons (Fsp3) is 0.471. The number of nitrogens with zero attached hydrogens (tertiary/aromatic N) is 4. The number of aryl methyl sites for hydroxylation is 1.